The normalized spacial score (nSPS) is 17.4. The van der Waals surface area contributed by atoms with Gasteiger partial charge in [0.25, 0.3) is 0 Å². The average molecular weight is 409 g/mol. The van der Waals surface area contributed by atoms with E-state index in [2.05, 4.69) is 32.9 Å². The van der Waals surface area contributed by atoms with E-state index in [0.29, 0.717) is 26.4 Å². The molecule has 1 fully saturated rings. The zero-order valence-electron chi connectivity index (χ0n) is 18.6. The van der Waals surface area contributed by atoms with Crippen LogP contribution in [0.1, 0.15) is 76.8 Å². The summed E-state index contributed by atoms with van der Waals surface area (Å²) in [6.07, 6.45) is 8.06. The summed E-state index contributed by atoms with van der Waals surface area (Å²) >= 11 is 0. The smallest absolute Gasteiger partial charge is 0.157 e. The lowest BCUT2D eigenvalue weighted by atomic mass is 9.79. The lowest BCUT2D eigenvalue weighted by Crippen LogP contribution is -2.24. The third-order valence-corrected chi connectivity index (χ3v) is 5.57. The molecule has 0 saturated carbocycles. The monoisotopic (exact) mass is 408 g/mol. The van der Waals surface area contributed by atoms with Crippen LogP contribution >= 0.6 is 0 Å². The summed E-state index contributed by atoms with van der Waals surface area (Å²) in [6.45, 7) is 9.55. The van der Waals surface area contributed by atoms with E-state index in [1.165, 1.54) is 31.2 Å². The van der Waals surface area contributed by atoms with Gasteiger partial charge in [0.05, 0.1) is 26.4 Å². The topological polar surface area (TPSA) is 57.2 Å². The molecular weight excluding hydrogens is 368 g/mol. The fraction of sp³-hybridized carbons (Fsp3) is 0.750. The van der Waals surface area contributed by atoms with Gasteiger partial charge in [-0.2, -0.15) is 0 Å². The molecule has 5 heteroatoms. The Balaban J connectivity index is 1.70. The van der Waals surface area contributed by atoms with E-state index in [1.54, 1.807) is 0 Å². The van der Waals surface area contributed by atoms with Gasteiger partial charge < -0.3 is 24.1 Å². The fourth-order valence-electron chi connectivity index (χ4n) is 3.62. The fourth-order valence-corrected chi connectivity index (χ4v) is 3.62. The van der Waals surface area contributed by atoms with Gasteiger partial charge in [-0.3, -0.25) is 0 Å². The van der Waals surface area contributed by atoms with Crippen LogP contribution < -0.4 is 4.74 Å². The highest BCUT2D eigenvalue weighted by Crippen LogP contribution is 2.32. The van der Waals surface area contributed by atoms with Gasteiger partial charge in [0.15, 0.2) is 6.29 Å². The van der Waals surface area contributed by atoms with Crippen molar-refractivity contribution < 1.29 is 24.1 Å². The number of aliphatic hydroxyl groups is 1. The molecule has 1 aromatic carbocycles. The molecule has 1 aliphatic heterocycles. The molecule has 1 aliphatic rings. The van der Waals surface area contributed by atoms with Crippen molar-refractivity contribution in [1.29, 1.82) is 0 Å². The minimum Gasteiger partial charge on any atom is -0.491 e. The molecule has 1 aromatic rings. The highest BCUT2D eigenvalue weighted by molar-refractivity contribution is 5.39. The Hall–Kier alpha value is -1.14. The third kappa shape index (κ3) is 8.63. The molecule has 1 atom stereocenters. The summed E-state index contributed by atoms with van der Waals surface area (Å²) < 4.78 is 22.6. The Morgan fingerprint density at radius 2 is 1.93 bits per heavy atom. The van der Waals surface area contributed by atoms with Crippen molar-refractivity contribution in [3.05, 3.63) is 29.3 Å². The Kier molecular flexibility index (Phi) is 11.0. The van der Waals surface area contributed by atoms with E-state index >= 15 is 0 Å². The summed E-state index contributed by atoms with van der Waals surface area (Å²) in [7, 11) is 0. The molecule has 1 heterocycles. The summed E-state index contributed by atoms with van der Waals surface area (Å²) in [6, 6.07) is 6.19. The molecule has 2 rings (SSSR count). The van der Waals surface area contributed by atoms with E-state index in [1.807, 2.05) is 6.07 Å². The van der Waals surface area contributed by atoms with Gasteiger partial charge >= 0.3 is 0 Å². The molecule has 0 amide bonds. The number of hydrogen-bond acceptors (Lipinski definition) is 5. The van der Waals surface area contributed by atoms with Crippen molar-refractivity contribution in [3.8, 4) is 5.75 Å². The molecule has 0 aromatic heterocycles. The van der Waals surface area contributed by atoms with Crippen LogP contribution in [0.15, 0.2) is 18.2 Å². The second-order valence-corrected chi connectivity index (χ2v) is 8.45. The molecular formula is C24H40O5. The van der Waals surface area contributed by atoms with Crippen molar-refractivity contribution >= 4 is 0 Å². The zero-order chi connectivity index (χ0) is 21.0. The molecule has 0 bridgehead atoms. The highest BCUT2D eigenvalue weighted by atomic mass is 16.7. The summed E-state index contributed by atoms with van der Waals surface area (Å²) in [5, 5.41) is 9.78. The van der Waals surface area contributed by atoms with E-state index in [0.717, 1.165) is 37.2 Å². The lowest BCUT2D eigenvalue weighted by Gasteiger charge is -2.26. The molecule has 166 valence electrons. The standard InChI is InChI=1S/C24H40O5/c1-4-5-7-12-24(2,3)21-10-11-22(20(18-21)19-25)27-16-14-26-15-17-29-23-9-6-8-13-28-23/h10-11,18,23,25H,4-9,12-17,19H2,1-3H3. The third-order valence-electron chi connectivity index (χ3n) is 5.57. The quantitative estimate of drug-likeness (QED) is 0.440. The molecule has 0 spiro atoms. The van der Waals surface area contributed by atoms with Gasteiger partial charge in [0, 0.05) is 12.2 Å². The van der Waals surface area contributed by atoms with E-state index in [-0.39, 0.29) is 18.3 Å². The summed E-state index contributed by atoms with van der Waals surface area (Å²) in [5.41, 5.74) is 2.19. The van der Waals surface area contributed by atoms with Crippen LogP contribution in [-0.4, -0.2) is 44.4 Å². The first-order valence-corrected chi connectivity index (χ1v) is 11.2. The largest absolute Gasteiger partial charge is 0.491 e. The predicted octanol–water partition coefficient (Wildman–Crippen LogP) is 4.98. The molecule has 1 unspecified atom stereocenters. The van der Waals surface area contributed by atoms with Crippen LogP contribution in [0, 0.1) is 0 Å². The number of unbranched alkanes of at least 4 members (excludes halogenated alkanes) is 2. The first kappa shape index (κ1) is 24.1. The van der Waals surface area contributed by atoms with Gasteiger partial charge in [0.1, 0.15) is 12.4 Å². The second-order valence-electron chi connectivity index (χ2n) is 8.45. The van der Waals surface area contributed by atoms with Crippen molar-refractivity contribution in [2.24, 2.45) is 0 Å². The van der Waals surface area contributed by atoms with Crippen molar-refractivity contribution in [2.45, 2.75) is 84.0 Å². The van der Waals surface area contributed by atoms with Crippen molar-refractivity contribution in [3.63, 3.8) is 0 Å². The SMILES string of the molecule is CCCCCC(C)(C)c1ccc(OCCOCCOC2CCCCO2)c(CO)c1. The summed E-state index contributed by atoms with van der Waals surface area (Å²) in [5.74, 6) is 0.732. The Morgan fingerprint density at radius 3 is 2.66 bits per heavy atom. The Bertz CT molecular complexity index is 566. The van der Waals surface area contributed by atoms with Crippen LogP contribution in [0.25, 0.3) is 0 Å². The molecule has 1 N–H and O–H groups in total. The van der Waals surface area contributed by atoms with Crippen molar-refractivity contribution in [1.82, 2.24) is 0 Å². The predicted molar refractivity (Wildman–Crippen MR) is 115 cm³/mol. The maximum absolute atomic E-state index is 9.78. The maximum atomic E-state index is 9.78. The minimum absolute atomic E-state index is 0.0235. The Morgan fingerprint density at radius 1 is 1.10 bits per heavy atom. The van der Waals surface area contributed by atoms with E-state index in [4.69, 9.17) is 18.9 Å². The zero-order valence-corrected chi connectivity index (χ0v) is 18.6. The lowest BCUT2D eigenvalue weighted by molar-refractivity contribution is -0.169. The molecule has 0 aliphatic carbocycles. The molecule has 1 saturated heterocycles. The first-order valence-electron chi connectivity index (χ1n) is 11.2. The van der Waals surface area contributed by atoms with E-state index in [9.17, 15) is 5.11 Å². The van der Waals surface area contributed by atoms with Crippen LogP contribution in [0.3, 0.4) is 0 Å². The molecule has 5 nitrogen and oxygen atoms in total. The average Bonchev–Trinajstić information content (AvgIpc) is 2.74. The first-order chi connectivity index (χ1) is 14.1. The highest BCUT2D eigenvalue weighted by Gasteiger charge is 2.21. The summed E-state index contributed by atoms with van der Waals surface area (Å²) in [4.78, 5) is 0. The number of benzene rings is 1. The van der Waals surface area contributed by atoms with Gasteiger partial charge in [-0.05, 0) is 48.8 Å². The van der Waals surface area contributed by atoms with Crippen LogP contribution in [0.5, 0.6) is 5.75 Å². The van der Waals surface area contributed by atoms with Crippen molar-refractivity contribution in [2.75, 3.05) is 33.0 Å². The van der Waals surface area contributed by atoms with Crippen LogP contribution in [0.4, 0.5) is 0 Å². The Labute approximate surface area is 176 Å². The van der Waals surface area contributed by atoms with E-state index < -0.39 is 0 Å². The second kappa shape index (κ2) is 13.2. The maximum Gasteiger partial charge on any atom is 0.157 e. The van der Waals surface area contributed by atoms with Gasteiger partial charge in [-0.15, -0.1) is 0 Å². The van der Waals surface area contributed by atoms with Gasteiger partial charge in [-0.25, -0.2) is 0 Å². The number of aliphatic hydroxyl groups excluding tert-OH is 1. The van der Waals surface area contributed by atoms with Gasteiger partial charge in [0.2, 0.25) is 0 Å². The number of ether oxygens (including phenoxy) is 4. The number of hydrogen-bond donors (Lipinski definition) is 1. The van der Waals surface area contributed by atoms with Gasteiger partial charge in [-0.1, -0.05) is 46.1 Å². The van der Waals surface area contributed by atoms with Crippen LogP contribution in [0.2, 0.25) is 0 Å². The molecule has 29 heavy (non-hydrogen) atoms. The van der Waals surface area contributed by atoms with Crippen LogP contribution in [-0.2, 0) is 26.2 Å². The molecule has 0 radical (unpaired) electrons. The number of rotatable bonds is 14. The minimum atomic E-state index is -0.0690.